The fraction of sp³-hybridized carbons (Fsp3) is 0. The Hall–Kier alpha value is -2.55. The fourth-order valence-electron chi connectivity index (χ4n) is 2.34. The second kappa shape index (κ2) is 3.47. The van der Waals surface area contributed by atoms with E-state index in [1.807, 2.05) is 42.7 Å². The first-order valence-corrected chi connectivity index (χ1v) is 5.87. The van der Waals surface area contributed by atoms with Gasteiger partial charge in [0.1, 0.15) is 5.65 Å². The summed E-state index contributed by atoms with van der Waals surface area (Å²) in [6.07, 6.45) is 5.84. The van der Waals surface area contributed by atoms with Crippen LogP contribution in [-0.2, 0) is 0 Å². The Kier molecular flexibility index (Phi) is 1.83. The molecule has 1 N–H and O–H groups in total. The number of fused-ring (bicyclic) bond motifs is 2. The number of rotatable bonds is 1. The molecular formula is C15H10N3. The van der Waals surface area contributed by atoms with Gasteiger partial charge in [-0.05, 0) is 24.3 Å². The van der Waals surface area contributed by atoms with Crippen LogP contribution in [0.25, 0.3) is 22.8 Å². The molecule has 85 valence electrons. The maximum atomic E-state index is 4.67. The molecule has 3 nitrogen and oxygen atoms in total. The number of pyridine rings is 1. The summed E-state index contributed by atoms with van der Waals surface area (Å²) in [4.78, 5) is 7.42. The second-order valence-electron chi connectivity index (χ2n) is 4.30. The summed E-state index contributed by atoms with van der Waals surface area (Å²) >= 11 is 0. The lowest BCUT2D eigenvalue weighted by molar-refractivity contribution is 1.23. The Balaban J connectivity index is 1.89. The molecule has 0 aliphatic carbocycles. The maximum absolute atomic E-state index is 4.67. The van der Waals surface area contributed by atoms with Gasteiger partial charge in [0.25, 0.3) is 0 Å². The van der Waals surface area contributed by atoms with Crippen LogP contribution in [0.15, 0.2) is 48.8 Å². The third-order valence-corrected chi connectivity index (χ3v) is 3.21. The first-order valence-electron chi connectivity index (χ1n) is 5.87. The van der Waals surface area contributed by atoms with Crippen molar-refractivity contribution in [3.8, 4) is 0 Å². The zero-order chi connectivity index (χ0) is 11.9. The molecule has 0 amide bonds. The number of para-hydroxylation sites is 1. The summed E-state index contributed by atoms with van der Waals surface area (Å²) in [6, 6.07) is 12.2. The number of hydrogen-bond acceptors (Lipinski definition) is 1. The lowest BCUT2D eigenvalue weighted by Gasteiger charge is -2.03. The molecule has 0 saturated carbocycles. The van der Waals surface area contributed by atoms with Gasteiger partial charge in [0, 0.05) is 28.9 Å². The van der Waals surface area contributed by atoms with Gasteiger partial charge < -0.3 is 4.98 Å². The van der Waals surface area contributed by atoms with E-state index in [4.69, 9.17) is 0 Å². The predicted octanol–water partition coefficient (Wildman–Crippen LogP) is 3.31. The zero-order valence-corrected chi connectivity index (χ0v) is 9.59. The van der Waals surface area contributed by atoms with Gasteiger partial charge in [-0.2, -0.15) is 0 Å². The quantitative estimate of drug-likeness (QED) is 0.687. The highest BCUT2D eigenvalue weighted by Gasteiger charge is 2.16. The predicted molar refractivity (Wildman–Crippen MR) is 72.2 cm³/mol. The smallest absolute Gasteiger partial charge is 0.137 e. The number of aromatic amines is 1. The van der Waals surface area contributed by atoms with E-state index in [0.717, 1.165) is 28.0 Å². The van der Waals surface area contributed by atoms with Crippen molar-refractivity contribution in [1.29, 1.82) is 0 Å². The van der Waals surface area contributed by atoms with Crippen LogP contribution in [0.5, 0.6) is 0 Å². The van der Waals surface area contributed by atoms with Crippen molar-refractivity contribution < 1.29 is 0 Å². The summed E-state index contributed by atoms with van der Waals surface area (Å²) in [6.45, 7) is 0. The molecule has 1 aliphatic heterocycles. The van der Waals surface area contributed by atoms with Crippen LogP contribution in [-0.4, -0.2) is 9.97 Å². The monoisotopic (exact) mass is 232 g/mol. The molecule has 0 unspecified atom stereocenters. The van der Waals surface area contributed by atoms with Gasteiger partial charge in [-0.1, -0.05) is 18.2 Å². The summed E-state index contributed by atoms with van der Waals surface area (Å²) in [5.41, 5.74) is 5.24. The van der Waals surface area contributed by atoms with Gasteiger partial charge in [0.15, 0.2) is 0 Å². The molecule has 1 aromatic carbocycles. The van der Waals surface area contributed by atoms with Crippen molar-refractivity contribution in [2.75, 3.05) is 0 Å². The van der Waals surface area contributed by atoms with Gasteiger partial charge in [-0.25, -0.2) is 10.3 Å². The van der Waals surface area contributed by atoms with E-state index in [9.17, 15) is 0 Å². The summed E-state index contributed by atoms with van der Waals surface area (Å²) < 4.78 is 0. The molecule has 0 fully saturated rings. The van der Waals surface area contributed by atoms with Crippen LogP contribution in [0.4, 0.5) is 5.69 Å². The van der Waals surface area contributed by atoms with Crippen molar-refractivity contribution in [2.24, 2.45) is 0 Å². The molecule has 0 atom stereocenters. The Morgan fingerprint density at radius 2 is 1.94 bits per heavy atom. The minimum Gasteiger partial charge on any atom is -0.346 e. The second-order valence-corrected chi connectivity index (χ2v) is 4.30. The number of benzene rings is 1. The average molecular weight is 232 g/mol. The largest absolute Gasteiger partial charge is 0.346 e. The highest BCUT2D eigenvalue weighted by Crippen LogP contribution is 2.34. The topological polar surface area (TPSA) is 42.8 Å². The van der Waals surface area contributed by atoms with Crippen molar-refractivity contribution in [3.05, 3.63) is 59.9 Å². The molecule has 4 rings (SSSR count). The van der Waals surface area contributed by atoms with E-state index in [2.05, 4.69) is 27.4 Å². The highest BCUT2D eigenvalue weighted by molar-refractivity contribution is 5.99. The molecule has 3 aromatic rings. The van der Waals surface area contributed by atoms with Crippen LogP contribution in [0.1, 0.15) is 11.1 Å². The molecular weight excluding hydrogens is 222 g/mol. The van der Waals surface area contributed by atoms with Crippen LogP contribution in [0.3, 0.4) is 0 Å². The number of H-pyrrole nitrogens is 1. The molecule has 1 radical (unpaired) electrons. The standard InChI is InChI=1S/C15H10N3/c1-2-4-13-10(3-1)9-14(18-13)11-5-7-16-15-12(11)6-8-17-15/h1-9H,(H,16,17). The van der Waals surface area contributed by atoms with Crippen LogP contribution in [0, 0.1) is 0 Å². The van der Waals surface area contributed by atoms with E-state index in [1.165, 1.54) is 5.56 Å². The van der Waals surface area contributed by atoms with Crippen LogP contribution in [0.2, 0.25) is 0 Å². The van der Waals surface area contributed by atoms with E-state index in [1.54, 1.807) is 0 Å². The number of hydrogen-bond donors (Lipinski definition) is 1. The normalized spacial score (nSPS) is 13.2. The lowest BCUT2D eigenvalue weighted by atomic mass is 10.1. The van der Waals surface area contributed by atoms with Gasteiger partial charge >= 0.3 is 0 Å². The Morgan fingerprint density at radius 3 is 2.89 bits per heavy atom. The minimum absolute atomic E-state index is 0.902. The molecule has 3 heteroatoms. The maximum Gasteiger partial charge on any atom is 0.137 e. The highest BCUT2D eigenvalue weighted by atomic mass is 14.9. The van der Waals surface area contributed by atoms with Gasteiger partial charge in [-0.15, -0.1) is 0 Å². The van der Waals surface area contributed by atoms with Crippen molar-refractivity contribution in [2.45, 2.75) is 0 Å². The van der Waals surface area contributed by atoms with Gasteiger partial charge in [0.05, 0.1) is 11.4 Å². The minimum atomic E-state index is 0.902. The zero-order valence-electron chi connectivity index (χ0n) is 9.59. The van der Waals surface area contributed by atoms with E-state index in [0.29, 0.717) is 0 Å². The van der Waals surface area contributed by atoms with E-state index in [-0.39, 0.29) is 0 Å². The number of nitrogens with one attached hydrogen (secondary N) is 1. The first kappa shape index (κ1) is 9.48. The number of nitrogens with zero attached hydrogens (tertiary/aromatic N) is 2. The molecule has 18 heavy (non-hydrogen) atoms. The molecule has 1 aliphatic rings. The Bertz CT molecular complexity index is 768. The Labute approximate surface area is 104 Å². The molecule has 2 aromatic heterocycles. The van der Waals surface area contributed by atoms with Gasteiger partial charge in [-0.3, -0.25) is 0 Å². The Morgan fingerprint density at radius 1 is 1.00 bits per heavy atom. The van der Waals surface area contributed by atoms with Crippen LogP contribution >= 0.6 is 0 Å². The lowest BCUT2D eigenvalue weighted by Crippen LogP contribution is -1.93. The average Bonchev–Trinajstić information content (AvgIpc) is 3.04. The van der Waals surface area contributed by atoms with Crippen LogP contribution < -0.4 is 5.32 Å². The SMILES string of the molecule is C1=C(c2ccnc3[nH]ccc23)[N]c2ccccc21. The summed E-state index contributed by atoms with van der Waals surface area (Å²) in [7, 11) is 0. The summed E-state index contributed by atoms with van der Waals surface area (Å²) in [5.74, 6) is 0. The van der Waals surface area contributed by atoms with E-state index < -0.39 is 0 Å². The molecule has 0 bridgehead atoms. The van der Waals surface area contributed by atoms with E-state index >= 15 is 0 Å². The summed E-state index contributed by atoms with van der Waals surface area (Å²) in [5, 5.41) is 5.78. The van der Waals surface area contributed by atoms with Gasteiger partial charge in [0.2, 0.25) is 0 Å². The molecule has 0 saturated heterocycles. The molecule has 0 spiro atoms. The van der Waals surface area contributed by atoms with Crippen molar-refractivity contribution in [1.82, 2.24) is 15.3 Å². The van der Waals surface area contributed by atoms with Crippen molar-refractivity contribution in [3.63, 3.8) is 0 Å². The fourth-order valence-corrected chi connectivity index (χ4v) is 2.34. The third kappa shape index (κ3) is 1.27. The first-order chi connectivity index (χ1) is 8.92. The third-order valence-electron chi connectivity index (χ3n) is 3.21. The number of aromatic nitrogens is 2. The van der Waals surface area contributed by atoms with Crippen molar-refractivity contribution >= 4 is 28.5 Å². The molecule has 3 heterocycles.